The van der Waals surface area contributed by atoms with Crippen molar-refractivity contribution in [3.8, 4) is 29.1 Å². The molecular formula is C26H22N2O5S. The highest BCUT2D eigenvalue weighted by Crippen LogP contribution is 2.43. The van der Waals surface area contributed by atoms with Gasteiger partial charge in [-0.3, -0.25) is 0 Å². The average molecular weight is 475 g/mol. The van der Waals surface area contributed by atoms with E-state index < -0.39 is 5.97 Å². The second-order valence-electron chi connectivity index (χ2n) is 7.34. The highest BCUT2D eigenvalue weighted by atomic mass is 32.2. The number of nitrogens with zero attached hydrogens (tertiary/aromatic N) is 1. The van der Waals surface area contributed by atoms with Crippen molar-refractivity contribution >= 4 is 17.7 Å². The second-order valence-corrected chi connectivity index (χ2v) is 8.22. The third-order valence-corrected chi connectivity index (χ3v) is 6.03. The molecule has 1 unspecified atom stereocenters. The molecule has 3 aromatic rings. The van der Waals surface area contributed by atoms with Gasteiger partial charge in [0.15, 0.2) is 6.61 Å². The van der Waals surface area contributed by atoms with Crippen molar-refractivity contribution in [3.63, 3.8) is 0 Å². The number of fused-ring (bicyclic) bond motifs is 1. The van der Waals surface area contributed by atoms with Crippen molar-refractivity contribution in [2.24, 2.45) is 5.73 Å². The first-order chi connectivity index (χ1) is 16.5. The summed E-state index contributed by atoms with van der Waals surface area (Å²) >= 11 is 1.64. The van der Waals surface area contributed by atoms with E-state index in [1.165, 1.54) is 0 Å². The lowest BCUT2D eigenvalue weighted by Gasteiger charge is -2.26. The molecule has 0 aromatic heterocycles. The number of allylic oxidation sites excluding steroid dienone is 1. The van der Waals surface area contributed by atoms with Gasteiger partial charge in [0.05, 0.1) is 13.0 Å². The Bertz CT molecular complexity index is 1260. The van der Waals surface area contributed by atoms with Gasteiger partial charge in [-0.2, -0.15) is 5.26 Å². The number of carbonyl (C=O) groups excluding carboxylic acids is 1. The molecule has 8 heteroatoms. The van der Waals surface area contributed by atoms with Crippen LogP contribution in [-0.4, -0.2) is 25.9 Å². The molecule has 0 saturated carbocycles. The lowest BCUT2D eigenvalue weighted by molar-refractivity contribution is -0.136. The molecule has 0 fully saturated rings. The van der Waals surface area contributed by atoms with Crippen LogP contribution in [0.2, 0.25) is 0 Å². The first-order valence-electron chi connectivity index (χ1n) is 10.4. The number of esters is 1. The molecule has 7 nitrogen and oxygen atoms in total. The average Bonchev–Trinajstić information content (AvgIpc) is 2.87. The first-order valence-corrected chi connectivity index (χ1v) is 11.6. The van der Waals surface area contributed by atoms with Gasteiger partial charge in [0, 0.05) is 16.5 Å². The fourth-order valence-electron chi connectivity index (χ4n) is 3.61. The summed E-state index contributed by atoms with van der Waals surface area (Å²) in [6.45, 7) is -0.269. The standard InChI is InChI=1S/C26H22N2O5S/c1-30-17-5-7-18(8-6-17)31-15-24(29)32-19-9-12-21-23(13-19)33-26(28)22(14-27)25(21)16-3-10-20(34-2)11-4-16/h3-13,25H,15,28H2,1-2H3. The van der Waals surface area contributed by atoms with Crippen LogP contribution in [0.15, 0.2) is 83.1 Å². The molecule has 1 atom stereocenters. The van der Waals surface area contributed by atoms with E-state index in [2.05, 4.69) is 6.07 Å². The number of rotatable bonds is 7. The molecular weight excluding hydrogens is 452 g/mol. The van der Waals surface area contributed by atoms with Gasteiger partial charge in [-0.1, -0.05) is 18.2 Å². The predicted molar refractivity (Wildman–Crippen MR) is 128 cm³/mol. The third-order valence-electron chi connectivity index (χ3n) is 5.29. The van der Waals surface area contributed by atoms with Gasteiger partial charge < -0.3 is 24.7 Å². The Kier molecular flexibility index (Phi) is 6.95. The zero-order valence-electron chi connectivity index (χ0n) is 18.6. The van der Waals surface area contributed by atoms with E-state index in [4.69, 9.17) is 24.7 Å². The molecule has 2 N–H and O–H groups in total. The molecule has 34 heavy (non-hydrogen) atoms. The maximum absolute atomic E-state index is 12.3. The normalized spacial score (nSPS) is 14.4. The van der Waals surface area contributed by atoms with Crippen molar-refractivity contribution in [3.05, 3.63) is 89.3 Å². The van der Waals surface area contributed by atoms with Gasteiger partial charge in [0.1, 0.15) is 34.6 Å². The van der Waals surface area contributed by atoms with Crippen LogP contribution in [0, 0.1) is 11.3 Å². The number of benzene rings is 3. The van der Waals surface area contributed by atoms with Gasteiger partial charge in [-0.15, -0.1) is 11.8 Å². The van der Waals surface area contributed by atoms with Gasteiger partial charge in [-0.05, 0) is 54.3 Å². The summed E-state index contributed by atoms with van der Waals surface area (Å²) in [5.41, 5.74) is 8.08. The maximum Gasteiger partial charge on any atom is 0.349 e. The van der Waals surface area contributed by atoms with Crippen LogP contribution in [0.3, 0.4) is 0 Å². The number of ether oxygens (including phenoxy) is 4. The van der Waals surface area contributed by atoms with E-state index in [9.17, 15) is 10.1 Å². The number of carbonyl (C=O) groups is 1. The summed E-state index contributed by atoms with van der Waals surface area (Å²) in [6, 6.07) is 22.0. The topological polar surface area (TPSA) is 104 Å². The number of hydrogen-bond donors (Lipinski definition) is 1. The quantitative estimate of drug-likeness (QED) is 0.301. The van der Waals surface area contributed by atoms with Crippen molar-refractivity contribution in [2.75, 3.05) is 20.0 Å². The molecule has 0 bridgehead atoms. The molecule has 4 rings (SSSR count). The second kappa shape index (κ2) is 10.2. The largest absolute Gasteiger partial charge is 0.497 e. The Morgan fingerprint density at radius 2 is 1.74 bits per heavy atom. The molecule has 172 valence electrons. The summed E-state index contributed by atoms with van der Waals surface area (Å²) in [5, 5.41) is 9.71. The summed E-state index contributed by atoms with van der Waals surface area (Å²) in [4.78, 5) is 13.4. The van der Waals surface area contributed by atoms with Crippen LogP contribution in [0.5, 0.6) is 23.0 Å². The van der Waals surface area contributed by atoms with Crippen LogP contribution >= 0.6 is 11.8 Å². The van der Waals surface area contributed by atoms with E-state index in [0.29, 0.717) is 22.8 Å². The zero-order chi connectivity index (χ0) is 24.1. The summed E-state index contributed by atoms with van der Waals surface area (Å²) in [6.07, 6.45) is 2.00. The van der Waals surface area contributed by atoms with Crippen LogP contribution in [0.4, 0.5) is 0 Å². The highest BCUT2D eigenvalue weighted by Gasteiger charge is 2.31. The molecule has 1 aliphatic rings. The third kappa shape index (κ3) is 4.95. The predicted octanol–water partition coefficient (Wildman–Crippen LogP) is 4.62. The maximum atomic E-state index is 12.3. The van der Waals surface area contributed by atoms with Gasteiger partial charge in [0.25, 0.3) is 0 Å². The van der Waals surface area contributed by atoms with Crippen molar-refractivity contribution in [1.29, 1.82) is 5.26 Å². The molecule has 3 aromatic carbocycles. The molecule has 0 aliphatic carbocycles. The van der Waals surface area contributed by atoms with Gasteiger partial charge >= 0.3 is 5.97 Å². The fourth-order valence-corrected chi connectivity index (χ4v) is 4.02. The lowest BCUT2D eigenvalue weighted by Crippen LogP contribution is -2.21. The highest BCUT2D eigenvalue weighted by molar-refractivity contribution is 7.98. The molecule has 0 radical (unpaired) electrons. The van der Waals surface area contributed by atoms with Crippen LogP contribution < -0.4 is 24.7 Å². The van der Waals surface area contributed by atoms with E-state index in [1.54, 1.807) is 61.3 Å². The van der Waals surface area contributed by atoms with Crippen molar-refractivity contribution < 1.29 is 23.7 Å². The molecule has 1 aliphatic heterocycles. The van der Waals surface area contributed by atoms with Crippen molar-refractivity contribution in [1.82, 2.24) is 0 Å². The Morgan fingerprint density at radius 1 is 1.06 bits per heavy atom. The summed E-state index contributed by atoms with van der Waals surface area (Å²) in [7, 11) is 1.57. The minimum atomic E-state index is -0.572. The van der Waals surface area contributed by atoms with Crippen LogP contribution in [0.25, 0.3) is 0 Å². The number of nitriles is 1. The van der Waals surface area contributed by atoms with Crippen molar-refractivity contribution in [2.45, 2.75) is 10.8 Å². The van der Waals surface area contributed by atoms with Gasteiger partial charge in [0.2, 0.25) is 5.88 Å². The van der Waals surface area contributed by atoms with Crippen LogP contribution in [0.1, 0.15) is 17.0 Å². The lowest BCUT2D eigenvalue weighted by atomic mass is 9.83. The Balaban J connectivity index is 1.51. The SMILES string of the molecule is COc1ccc(OCC(=O)Oc2ccc3c(c2)OC(N)=C(C#N)C3c2ccc(SC)cc2)cc1. The molecule has 0 saturated heterocycles. The Labute approximate surface area is 201 Å². The van der Waals surface area contributed by atoms with E-state index in [-0.39, 0.29) is 24.2 Å². The van der Waals surface area contributed by atoms with E-state index in [0.717, 1.165) is 16.0 Å². The molecule has 1 heterocycles. The molecule has 0 amide bonds. The van der Waals surface area contributed by atoms with Gasteiger partial charge in [-0.25, -0.2) is 4.79 Å². The van der Waals surface area contributed by atoms with E-state index in [1.807, 2.05) is 30.5 Å². The van der Waals surface area contributed by atoms with Crippen LogP contribution in [-0.2, 0) is 4.79 Å². The Morgan fingerprint density at radius 3 is 2.38 bits per heavy atom. The number of hydrogen-bond acceptors (Lipinski definition) is 8. The first kappa shape index (κ1) is 23.1. The zero-order valence-corrected chi connectivity index (χ0v) is 19.4. The minimum absolute atomic E-state index is 0.0280. The number of thioether (sulfide) groups is 1. The number of methoxy groups -OCH3 is 1. The summed E-state index contributed by atoms with van der Waals surface area (Å²) < 4.78 is 21.7. The number of nitrogens with two attached hydrogens (primary N) is 1. The monoisotopic (exact) mass is 474 g/mol. The fraction of sp³-hybridized carbons (Fsp3) is 0.154. The minimum Gasteiger partial charge on any atom is -0.497 e. The van der Waals surface area contributed by atoms with E-state index >= 15 is 0 Å². The smallest absolute Gasteiger partial charge is 0.349 e. The molecule has 0 spiro atoms. The Hall–Kier alpha value is -4.09. The summed E-state index contributed by atoms with van der Waals surface area (Å²) in [5.74, 6) is 0.993.